The smallest absolute Gasteiger partial charge is 0.305 e. The predicted molar refractivity (Wildman–Crippen MR) is 138 cm³/mol. The summed E-state index contributed by atoms with van der Waals surface area (Å²) in [7, 11) is 1.41. The van der Waals surface area contributed by atoms with Crippen molar-refractivity contribution < 1.29 is 38.8 Å². The van der Waals surface area contributed by atoms with Gasteiger partial charge in [0.2, 0.25) is 0 Å². The molecule has 0 aromatic heterocycles. The zero-order valence-corrected chi connectivity index (χ0v) is 23.5. The first kappa shape index (κ1) is 28.2. The van der Waals surface area contributed by atoms with Gasteiger partial charge < -0.3 is 24.4 Å². The van der Waals surface area contributed by atoms with E-state index in [1.165, 1.54) is 7.11 Å². The summed E-state index contributed by atoms with van der Waals surface area (Å²) >= 11 is 0. The molecule has 1 heterocycles. The third-order valence-corrected chi connectivity index (χ3v) is 12.1. The third kappa shape index (κ3) is 4.20. The fraction of sp³-hybridized carbons (Fsp3) is 0.900. The minimum atomic E-state index is -0.786. The Morgan fingerprint density at radius 3 is 2.37 bits per heavy atom. The number of esters is 1. The van der Waals surface area contributed by atoms with Gasteiger partial charge in [-0.05, 0) is 60.7 Å². The summed E-state index contributed by atoms with van der Waals surface area (Å²) < 4.78 is 17.3. The Kier molecular flexibility index (Phi) is 7.37. The molecule has 5 aliphatic rings. The molecule has 5 fully saturated rings. The van der Waals surface area contributed by atoms with Gasteiger partial charge in [0.25, 0.3) is 0 Å². The van der Waals surface area contributed by atoms with E-state index in [1.54, 1.807) is 0 Å². The molecule has 0 aromatic carbocycles. The number of hydrogen-bond acceptors (Lipinski definition) is 8. The van der Waals surface area contributed by atoms with Crippen LogP contribution in [0, 0.1) is 51.8 Å². The molecule has 8 heteroatoms. The number of ether oxygens (including phenoxy) is 3. The number of Topliss-reactive ketones (excluding diaryl/α,β-unsaturated/α-hetero) is 2. The molecule has 4 aliphatic carbocycles. The number of fused-ring (bicyclic) bond motifs is 5. The Morgan fingerprint density at radius 2 is 1.74 bits per heavy atom. The average Bonchev–Trinajstić information content (AvgIpc) is 3.28. The van der Waals surface area contributed by atoms with Crippen molar-refractivity contribution in [2.75, 3.05) is 33.5 Å². The molecule has 5 rings (SSSR count). The van der Waals surface area contributed by atoms with E-state index < -0.39 is 16.6 Å². The summed E-state index contributed by atoms with van der Waals surface area (Å²) in [4.78, 5) is 39.7. The lowest BCUT2D eigenvalue weighted by Gasteiger charge is -2.61. The molecule has 0 radical (unpaired) electrons. The second-order valence-electron chi connectivity index (χ2n) is 13.8. The van der Waals surface area contributed by atoms with Gasteiger partial charge in [0.15, 0.2) is 5.79 Å². The van der Waals surface area contributed by atoms with Gasteiger partial charge in [-0.3, -0.25) is 14.4 Å². The lowest BCUT2D eigenvalue weighted by atomic mass is 9.43. The maximum Gasteiger partial charge on any atom is 0.305 e. The van der Waals surface area contributed by atoms with Crippen LogP contribution in [0.25, 0.3) is 0 Å². The Bertz CT molecular complexity index is 948. The molecule has 2 N–H and O–H groups in total. The van der Waals surface area contributed by atoms with Gasteiger partial charge in [0.05, 0.1) is 39.0 Å². The minimum absolute atomic E-state index is 0.0402. The van der Waals surface area contributed by atoms with Crippen LogP contribution in [-0.4, -0.2) is 67.1 Å². The predicted octanol–water partition coefficient (Wildman–Crippen LogP) is 3.31. The number of aliphatic hydroxyl groups excluding tert-OH is 2. The number of rotatable bonds is 6. The first-order chi connectivity index (χ1) is 18.0. The van der Waals surface area contributed by atoms with Crippen molar-refractivity contribution in [3.05, 3.63) is 0 Å². The molecule has 38 heavy (non-hydrogen) atoms. The normalized spacial score (nSPS) is 42.2. The second-order valence-corrected chi connectivity index (χ2v) is 13.8. The van der Waals surface area contributed by atoms with Gasteiger partial charge in [-0.15, -0.1) is 0 Å². The van der Waals surface area contributed by atoms with Crippen LogP contribution in [0.4, 0.5) is 0 Å². The highest BCUT2D eigenvalue weighted by Gasteiger charge is 2.67. The fourth-order valence-corrected chi connectivity index (χ4v) is 9.34. The van der Waals surface area contributed by atoms with E-state index in [2.05, 4.69) is 20.8 Å². The minimum Gasteiger partial charge on any atom is -0.469 e. The van der Waals surface area contributed by atoms with E-state index in [4.69, 9.17) is 14.2 Å². The van der Waals surface area contributed by atoms with E-state index in [9.17, 15) is 24.6 Å². The summed E-state index contributed by atoms with van der Waals surface area (Å²) in [5, 5.41) is 19.5. The number of methoxy groups -OCH3 is 1. The Labute approximate surface area is 226 Å². The van der Waals surface area contributed by atoms with E-state index in [0.717, 1.165) is 19.3 Å². The fourth-order valence-electron chi connectivity index (χ4n) is 9.34. The SMILES string of the molecule is COC(=O)CC[C@@H](C)[C@H]1CC[C@H]2[C@@H]3C(=O)C[C@H]4CC5(CC[C@]4(C)[C@H]3CC(=O)[C@]12C)OCC(CO)(CO)CO5. The van der Waals surface area contributed by atoms with Gasteiger partial charge in [-0.2, -0.15) is 0 Å². The molecular weight excluding hydrogens is 488 g/mol. The molecule has 0 aromatic rings. The van der Waals surface area contributed by atoms with E-state index in [0.29, 0.717) is 44.3 Å². The molecule has 4 saturated carbocycles. The highest BCUT2D eigenvalue weighted by Crippen LogP contribution is 2.67. The molecule has 0 bridgehead atoms. The van der Waals surface area contributed by atoms with Crippen LogP contribution in [0.3, 0.4) is 0 Å². The van der Waals surface area contributed by atoms with Crippen LogP contribution >= 0.6 is 0 Å². The summed E-state index contributed by atoms with van der Waals surface area (Å²) in [5.41, 5.74) is -1.43. The zero-order chi connectivity index (χ0) is 27.5. The largest absolute Gasteiger partial charge is 0.469 e. The van der Waals surface area contributed by atoms with Crippen LogP contribution in [0.15, 0.2) is 0 Å². The van der Waals surface area contributed by atoms with Crippen molar-refractivity contribution in [3.63, 3.8) is 0 Å². The van der Waals surface area contributed by atoms with Crippen molar-refractivity contribution in [2.45, 2.75) is 84.3 Å². The first-order valence-corrected chi connectivity index (χ1v) is 14.6. The summed E-state index contributed by atoms with van der Waals surface area (Å²) in [6, 6.07) is 0. The van der Waals surface area contributed by atoms with Crippen molar-refractivity contribution in [3.8, 4) is 0 Å². The number of ketones is 2. The van der Waals surface area contributed by atoms with Crippen LogP contribution in [0.1, 0.15) is 78.6 Å². The van der Waals surface area contributed by atoms with E-state index in [-0.39, 0.29) is 79.1 Å². The lowest BCUT2D eigenvalue weighted by Crippen LogP contribution is -2.63. The Balaban J connectivity index is 1.34. The molecule has 1 spiro atoms. The monoisotopic (exact) mass is 534 g/mol. The molecule has 214 valence electrons. The lowest BCUT2D eigenvalue weighted by molar-refractivity contribution is -0.338. The third-order valence-electron chi connectivity index (χ3n) is 12.1. The molecule has 1 aliphatic heterocycles. The Hall–Kier alpha value is -1.35. The molecule has 8 nitrogen and oxygen atoms in total. The van der Waals surface area contributed by atoms with Gasteiger partial charge in [0, 0.05) is 43.4 Å². The molecule has 0 unspecified atom stereocenters. The second kappa shape index (κ2) is 9.93. The number of aliphatic hydroxyl groups is 2. The average molecular weight is 535 g/mol. The summed E-state index contributed by atoms with van der Waals surface area (Å²) in [6.45, 7) is 6.60. The van der Waals surface area contributed by atoms with Crippen LogP contribution in [0.2, 0.25) is 0 Å². The highest BCUT2D eigenvalue weighted by atomic mass is 16.7. The standard InChI is InChI=1S/C30H46O8/c1-18(5-8-25(35)36-4)20-6-7-21-26-22(12-24(34)28(20,21)3)27(2)9-10-30(13-19(27)11-23(26)33)37-16-29(14-31,15-32)17-38-30/h18-22,26,31-32H,5-17H2,1-4H3/t18-,19+,20-,21+,22+,26+,27+,28-/m1/s1. The molecule has 0 amide bonds. The molecule has 1 saturated heterocycles. The van der Waals surface area contributed by atoms with Crippen molar-refractivity contribution in [2.24, 2.45) is 51.8 Å². The Morgan fingerprint density at radius 1 is 1.05 bits per heavy atom. The van der Waals surface area contributed by atoms with Crippen molar-refractivity contribution >= 4 is 17.5 Å². The quantitative estimate of drug-likeness (QED) is 0.498. The van der Waals surface area contributed by atoms with Gasteiger partial charge in [-0.25, -0.2) is 0 Å². The van der Waals surface area contributed by atoms with Crippen molar-refractivity contribution in [1.82, 2.24) is 0 Å². The highest BCUT2D eigenvalue weighted by molar-refractivity contribution is 5.92. The number of carbonyl (C=O) groups excluding carboxylic acids is 3. The summed E-state index contributed by atoms with van der Waals surface area (Å²) in [6.07, 6.45) is 5.93. The van der Waals surface area contributed by atoms with Crippen LogP contribution in [0.5, 0.6) is 0 Å². The topological polar surface area (TPSA) is 119 Å². The van der Waals surface area contributed by atoms with E-state index >= 15 is 0 Å². The van der Waals surface area contributed by atoms with Gasteiger partial charge in [0.1, 0.15) is 11.6 Å². The molecule has 8 atom stereocenters. The maximum absolute atomic E-state index is 14.0. The number of hydrogen-bond donors (Lipinski definition) is 2. The maximum atomic E-state index is 14.0. The van der Waals surface area contributed by atoms with Crippen molar-refractivity contribution in [1.29, 1.82) is 0 Å². The van der Waals surface area contributed by atoms with E-state index in [1.807, 2.05) is 0 Å². The first-order valence-electron chi connectivity index (χ1n) is 14.6. The van der Waals surface area contributed by atoms with Crippen LogP contribution < -0.4 is 0 Å². The van der Waals surface area contributed by atoms with Gasteiger partial charge in [-0.1, -0.05) is 20.8 Å². The van der Waals surface area contributed by atoms with Crippen LogP contribution in [-0.2, 0) is 28.6 Å². The number of carbonyl (C=O) groups is 3. The summed E-state index contributed by atoms with van der Waals surface area (Å²) in [5.74, 6) is 0.0792. The molecular formula is C30H46O8. The zero-order valence-electron chi connectivity index (χ0n) is 23.5. The van der Waals surface area contributed by atoms with Gasteiger partial charge >= 0.3 is 5.97 Å².